The summed E-state index contributed by atoms with van der Waals surface area (Å²) < 4.78 is 25.3. The molecule has 10 atom stereocenters. The van der Waals surface area contributed by atoms with Crippen LogP contribution in [0.15, 0.2) is 60.9 Å². The lowest BCUT2D eigenvalue weighted by Gasteiger charge is -2.39. The normalized spacial score (nSPS) is 31.5. The summed E-state index contributed by atoms with van der Waals surface area (Å²) in [5.74, 6) is -0.605. The Balaban J connectivity index is 1.11. The summed E-state index contributed by atoms with van der Waals surface area (Å²) in [7, 11) is 0. The number of benzene rings is 2. The molecule has 2 aromatic carbocycles. The van der Waals surface area contributed by atoms with Gasteiger partial charge in [-0.05, 0) is 35.4 Å². The first-order valence-electron chi connectivity index (χ1n) is 16.3. The van der Waals surface area contributed by atoms with Gasteiger partial charge in [0, 0.05) is 13.1 Å². The third-order valence-corrected chi connectivity index (χ3v) is 8.88. The molecule has 0 radical (unpaired) electrons. The summed E-state index contributed by atoms with van der Waals surface area (Å²) in [5.41, 5.74) is 1.96. The van der Waals surface area contributed by atoms with Crippen LogP contribution in [0.4, 0.5) is 0 Å². The molecule has 8 heterocycles. The topological polar surface area (TPSA) is 278 Å². The van der Waals surface area contributed by atoms with Crippen molar-refractivity contribution in [2.24, 2.45) is 0 Å². The molecule has 6 aliphatic rings. The maximum atomic E-state index is 13.1. The molecule has 0 saturated carbocycles. The molecule has 20 heteroatoms. The van der Waals surface area contributed by atoms with E-state index in [4.69, 9.17) is 18.9 Å². The van der Waals surface area contributed by atoms with Crippen LogP contribution in [0.5, 0.6) is 11.5 Å². The van der Waals surface area contributed by atoms with Crippen molar-refractivity contribution in [3.63, 3.8) is 0 Å². The van der Waals surface area contributed by atoms with Gasteiger partial charge in [0.25, 0.3) is 11.8 Å². The average molecular weight is 725 g/mol. The highest BCUT2D eigenvalue weighted by Gasteiger charge is 2.49. The van der Waals surface area contributed by atoms with Gasteiger partial charge in [0.2, 0.25) is 0 Å². The van der Waals surface area contributed by atoms with E-state index < -0.39 is 73.1 Å². The third-order valence-electron chi connectivity index (χ3n) is 8.88. The molecular weight excluding hydrogens is 688 g/mol. The maximum absolute atomic E-state index is 13.1. The molecule has 6 aliphatic heterocycles. The molecule has 2 fully saturated rings. The van der Waals surface area contributed by atoms with E-state index in [0.717, 1.165) is 9.36 Å². The van der Waals surface area contributed by atoms with Crippen molar-refractivity contribution in [1.29, 1.82) is 0 Å². The van der Waals surface area contributed by atoms with Crippen LogP contribution < -0.4 is 20.1 Å². The van der Waals surface area contributed by atoms with Crippen molar-refractivity contribution in [2.45, 2.75) is 87.6 Å². The molecular formula is C32H36N8O12. The highest BCUT2D eigenvalue weighted by Crippen LogP contribution is 2.30. The molecule has 2 saturated heterocycles. The third kappa shape index (κ3) is 7.31. The minimum absolute atomic E-state index is 0.00694. The number of carbonyl (C=O) groups excluding carboxylic acids is 2. The minimum atomic E-state index is -1.75. The second-order valence-corrected chi connectivity index (χ2v) is 12.5. The number of nitrogens with one attached hydrogen (secondary N) is 2. The Bertz CT molecular complexity index is 1720. The number of hydrogen-bond acceptors (Lipinski definition) is 16. The lowest BCUT2D eigenvalue weighted by molar-refractivity contribution is -0.243. The fourth-order valence-electron chi connectivity index (χ4n) is 5.90. The lowest BCUT2D eigenvalue weighted by Crippen LogP contribution is -2.59. The molecule has 2 amide bonds. The van der Waals surface area contributed by atoms with Crippen LogP contribution in [0.3, 0.4) is 0 Å². The van der Waals surface area contributed by atoms with E-state index in [1.54, 1.807) is 48.5 Å². The first kappa shape index (κ1) is 35.3. The average Bonchev–Trinajstić information content (AvgIpc) is 3.83. The van der Waals surface area contributed by atoms with Gasteiger partial charge in [-0.2, -0.15) is 0 Å². The molecule has 20 nitrogen and oxygen atoms in total. The van der Waals surface area contributed by atoms with Crippen LogP contribution >= 0.6 is 0 Å². The fourth-order valence-corrected chi connectivity index (χ4v) is 5.90. The fraction of sp³-hybridized carbons (Fsp3) is 0.438. The Kier molecular flexibility index (Phi) is 10.1. The predicted molar refractivity (Wildman–Crippen MR) is 169 cm³/mol. The van der Waals surface area contributed by atoms with Crippen molar-refractivity contribution in [1.82, 2.24) is 40.6 Å². The lowest BCUT2D eigenvalue weighted by atomic mass is 9.97. The van der Waals surface area contributed by atoms with Crippen LogP contribution in [0.2, 0.25) is 0 Å². The highest BCUT2D eigenvalue weighted by atomic mass is 16.6. The van der Waals surface area contributed by atoms with Gasteiger partial charge in [-0.3, -0.25) is 9.59 Å². The Morgan fingerprint density at radius 1 is 0.558 bits per heavy atom. The number of aromatic nitrogens is 6. The zero-order valence-electron chi connectivity index (χ0n) is 27.2. The predicted octanol–water partition coefficient (Wildman–Crippen LogP) is -3.07. The Morgan fingerprint density at radius 3 is 1.33 bits per heavy atom. The molecule has 52 heavy (non-hydrogen) atoms. The van der Waals surface area contributed by atoms with Crippen LogP contribution in [-0.4, -0.2) is 121 Å². The molecule has 12 bridgehead atoms. The number of rotatable bonds is 0. The summed E-state index contributed by atoms with van der Waals surface area (Å²) in [4.78, 5) is 26.2. The van der Waals surface area contributed by atoms with Gasteiger partial charge in [0.15, 0.2) is 24.7 Å². The van der Waals surface area contributed by atoms with Crippen LogP contribution in [0.25, 0.3) is 0 Å². The number of aliphatic hydroxyl groups excluding tert-OH is 6. The number of aliphatic hydroxyl groups is 6. The number of hydrogen-bond donors (Lipinski definition) is 8. The van der Waals surface area contributed by atoms with Gasteiger partial charge >= 0.3 is 0 Å². The standard InChI is InChI=1S/C32H36N8O12/c41-21-23(43)27-29(47)33-9-15-1-2-16(4-3-15)10-34-30(48)28-24(44)22(42)26(46)32(52-28)40-12-18(36-38-40)14-50-20-7-5-19(6-8-20)49-13-17-11-39(37-35-17)31(51-27)25(21)45/h1-8,11-12,21-28,31-32,41-46H,9-10,13-14H2,(H,33,47)(H,34,48)/t21?,22?,23?,24?,25-,26-,27+,28+,31-,32?/m1/s1. The quantitative estimate of drug-likeness (QED) is 0.0894. The zero-order valence-corrected chi connectivity index (χ0v) is 27.2. The zero-order chi connectivity index (χ0) is 36.5. The van der Waals surface area contributed by atoms with E-state index in [0.29, 0.717) is 34.0 Å². The number of amides is 2. The molecule has 4 aromatic rings. The van der Waals surface area contributed by atoms with Crippen molar-refractivity contribution in [2.75, 3.05) is 0 Å². The van der Waals surface area contributed by atoms with Gasteiger partial charge in [0.05, 0.1) is 12.4 Å². The minimum Gasteiger partial charge on any atom is -0.487 e. The van der Waals surface area contributed by atoms with E-state index in [2.05, 4.69) is 31.3 Å². The summed E-state index contributed by atoms with van der Waals surface area (Å²) in [5, 5.41) is 84.9. The van der Waals surface area contributed by atoms with Gasteiger partial charge in [0.1, 0.15) is 72.7 Å². The molecule has 10 rings (SSSR count). The van der Waals surface area contributed by atoms with Crippen LogP contribution in [-0.2, 0) is 45.4 Å². The van der Waals surface area contributed by atoms with Crippen molar-refractivity contribution in [3.8, 4) is 11.5 Å². The Morgan fingerprint density at radius 2 is 0.942 bits per heavy atom. The molecule has 0 aliphatic carbocycles. The van der Waals surface area contributed by atoms with E-state index in [-0.39, 0.29) is 26.3 Å². The molecule has 5 unspecified atom stereocenters. The van der Waals surface area contributed by atoms with Crippen molar-refractivity contribution >= 4 is 11.8 Å². The van der Waals surface area contributed by atoms with E-state index in [1.165, 1.54) is 12.4 Å². The van der Waals surface area contributed by atoms with E-state index in [9.17, 15) is 40.2 Å². The monoisotopic (exact) mass is 724 g/mol. The Labute approximate surface area is 294 Å². The van der Waals surface area contributed by atoms with Gasteiger partial charge in [-0.25, -0.2) is 9.36 Å². The first-order chi connectivity index (χ1) is 25.0. The number of carbonyl (C=O) groups is 2. The number of nitrogens with zero attached hydrogens (tertiary/aromatic N) is 6. The second kappa shape index (κ2) is 14.9. The van der Waals surface area contributed by atoms with Gasteiger partial charge in [-0.15, -0.1) is 10.2 Å². The van der Waals surface area contributed by atoms with Crippen LogP contribution in [0.1, 0.15) is 35.0 Å². The second-order valence-electron chi connectivity index (χ2n) is 12.5. The number of ether oxygens (including phenoxy) is 4. The molecule has 276 valence electrons. The van der Waals surface area contributed by atoms with Gasteiger partial charge in [-0.1, -0.05) is 34.7 Å². The van der Waals surface area contributed by atoms with E-state index in [1.807, 2.05) is 0 Å². The molecule has 2 aromatic heterocycles. The highest BCUT2D eigenvalue weighted by molar-refractivity contribution is 5.82. The van der Waals surface area contributed by atoms with Crippen molar-refractivity contribution in [3.05, 3.63) is 83.4 Å². The van der Waals surface area contributed by atoms with Crippen molar-refractivity contribution < 1.29 is 59.2 Å². The smallest absolute Gasteiger partial charge is 0.252 e. The molecule has 8 N–H and O–H groups in total. The van der Waals surface area contributed by atoms with E-state index >= 15 is 0 Å². The summed E-state index contributed by atoms with van der Waals surface area (Å²) in [6, 6.07) is 13.3. The SMILES string of the molecule is O=C1NCc2ccc(cc2)CNC(=O)[C@H]2O[C@H]([C@H](O)C(O)C2O)n2cc(nn2)COc2ccc(cc2)OCc2cn(nn2)C2O[C@H]1C(O)C(O)[C@H]2O. The maximum Gasteiger partial charge on any atom is 0.252 e. The molecule has 0 spiro atoms. The Hall–Kier alpha value is -5.06. The largest absolute Gasteiger partial charge is 0.487 e. The summed E-state index contributed by atoms with van der Waals surface area (Å²) in [6.07, 6.45) is -13.3. The first-order valence-corrected chi connectivity index (χ1v) is 16.3. The van der Waals surface area contributed by atoms with Crippen LogP contribution in [0, 0.1) is 0 Å². The summed E-state index contributed by atoms with van der Waals surface area (Å²) in [6.45, 7) is -0.0628. The van der Waals surface area contributed by atoms with Gasteiger partial charge < -0.3 is 60.2 Å². The summed E-state index contributed by atoms with van der Waals surface area (Å²) >= 11 is 0.